The third kappa shape index (κ3) is 1.36. The molecule has 0 saturated heterocycles. The molecule has 0 bridgehead atoms. The van der Waals surface area contributed by atoms with Gasteiger partial charge in [0.1, 0.15) is 11.8 Å². The van der Waals surface area contributed by atoms with E-state index in [1.165, 1.54) is 0 Å². The van der Waals surface area contributed by atoms with Crippen LogP contribution in [0.5, 0.6) is 0 Å². The van der Waals surface area contributed by atoms with E-state index in [-0.39, 0.29) is 0 Å². The van der Waals surface area contributed by atoms with E-state index >= 15 is 0 Å². The molecule has 0 aliphatic carbocycles. The minimum Gasteiger partial charge on any atom is -0.444 e. The van der Waals surface area contributed by atoms with Gasteiger partial charge in [0.15, 0.2) is 23.3 Å². The fraction of sp³-hybridized carbons (Fsp3) is 0. The van der Waals surface area contributed by atoms with E-state index in [4.69, 9.17) is 0 Å². The van der Waals surface area contributed by atoms with Gasteiger partial charge in [0.2, 0.25) is 11.7 Å². The van der Waals surface area contributed by atoms with Gasteiger partial charge in [-0.25, -0.2) is 26.9 Å². The van der Waals surface area contributed by atoms with Gasteiger partial charge in [-0.3, -0.25) is 0 Å². The third-order valence-corrected chi connectivity index (χ3v) is 1.86. The standard InChI is InChI=1S/C9H2F5NO/c10-4-3(9-15-1-2-16-9)5(11)7(13)8(14)6(4)12/h1-2H. The van der Waals surface area contributed by atoms with Crippen molar-refractivity contribution in [1.29, 1.82) is 0 Å². The number of rotatable bonds is 1. The SMILES string of the molecule is Fc1c(F)c(F)c(-c2ncco2)c(F)c1F. The maximum absolute atomic E-state index is 13.1. The first-order valence-corrected chi connectivity index (χ1v) is 3.95. The molecule has 0 aliphatic heterocycles. The molecule has 2 rings (SSSR count). The lowest BCUT2D eigenvalue weighted by molar-refractivity contribution is 0.378. The Morgan fingerprint density at radius 2 is 1.31 bits per heavy atom. The Balaban J connectivity index is 2.81. The van der Waals surface area contributed by atoms with Crippen LogP contribution in [0.4, 0.5) is 22.0 Å². The van der Waals surface area contributed by atoms with E-state index in [1.807, 2.05) is 0 Å². The van der Waals surface area contributed by atoms with Crippen molar-refractivity contribution in [3.63, 3.8) is 0 Å². The molecular weight excluding hydrogens is 233 g/mol. The molecule has 2 nitrogen and oxygen atoms in total. The molecule has 2 aromatic rings. The summed E-state index contributed by atoms with van der Waals surface area (Å²) >= 11 is 0. The lowest BCUT2D eigenvalue weighted by atomic mass is 10.1. The number of hydrogen-bond donors (Lipinski definition) is 0. The van der Waals surface area contributed by atoms with Crippen LogP contribution in [0.25, 0.3) is 11.5 Å². The number of aromatic nitrogens is 1. The van der Waals surface area contributed by atoms with Gasteiger partial charge >= 0.3 is 0 Å². The molecular formula is C9H2F5NO. The average Bonchev–Trinajstić information content (AvgIpc) is 2.77. The normalized spacial score (nSPS) is 10.8. The lowest BCUT2D eigenvalue weighted by Crippen LogP contribution is -2.04. The molecule has 84 valence electrons. The Kier molecular flexibility index (Phi) is 2.37. The van der Waals surface area contributed by atoms with Crippen LogP contribution in [0, 0.1) is 29.1 Å². The molecule has 0 atom stereocenters. The molecule has 0 aliphatic rings. The molecule has 0 radical (unpaired) electrons. The van der Waals surface area contributed by atoms with Gasteiger partial charge in [-0.2, -0.15) is 0 Å². The predicted octanol–water partition coefficient (Wildman–Crippen LogP) is 3.04. The van der Waals surface area contributed by atoms with Crippen molar-refractivity contribution >= 4 is 0 Å². The monoisotopic (exact) mass is 235 g/mol. The fourth-order valence-corrected chi connectivity index (χ4v) is 1.14. The summed E-state index contributed by atoms with van der Waals surface area (Å²) in [4.78, 5) is 3.32. The molecule has 0 saturated carbocycles. The first-order chi connectivity index (χ1) is 7.54. The highest BCUT2D eigenvalue weighted by Crippen LogP contribution is 2.30. The van der Waals surface area contributed by atoms with Gasteiger partial charge < -0.3 is 4.42 Å². The smallest absolute Gasteiger partial charge is 0.232 e. The summed E-state index contributed by atoms with van der Waals surface area (Å²) < 4.78 is 69.0. The Labute approximate surface area is 85.3 Å². The van der Waals surface area contributed by atoms with Crippen LogP contribution >= 0.6 is 0 Å². The van der Waals surface area contributed by atoms with Crippen LogP contribution in [0.1, 0.15) is 0 Å². The Hall–Kier alpha value is -1.92. The van der Waals surface area contributed by atoms with E-state index in [0.717, 1.165) is 12.5 Å². The number of oxazole rings is 1. The van der Waals surface area contributed by atoms with Crippen molar-refractivity contribution < 1.29 is 26.4 Å². The van der Waals surface area contributed by atoms with Crippen molar-refractivity contribution in [2.45, 2.75) is 0 Å². The first kappa shape index (κ1) is 10.6. The van der Waals surface area contributed by atoms with Crippen LogP contribution in [-0.4, -0.2) is 4.98 Å². The van der Waals surface area contributed by atoms with Crippen molar-refractivity contribution in [2.75, 3.05) is 0 Å². The van der Waals surface area contributed by atoms with Crippen LogP contribution in [0.3, 0.4) is 0 Å². The van der Waals surface area contributed by atoms with E-state index in [2.05, 4.69) is 9.40 Å². The van der Waals surface area contributed by atoms with Crippen LogP contribution in [0.2, 0.25) is 0 Å². The summed E-state index contributed by atoms with van der Waals surface area (Å²) in [6, 6.07) is 0. The second kappa shape index (κ2) is 3.58. The van der Waals surface area contributed by atoms with Gasteiger partial charge in [-0.05, 0) is 0 Å². The maximum Gasteiger partial charge on any atom is 0.232 e. The zero-order valence-electron chi connectivity index (χ0n) is 7.40. The average molecular weight is 235 g/mol. The molecule has 0 unspecified atom stereocenters. The Morgan fingerprint density at radius 1 is 0.812 bits per heavy atom. The summed E-state index contributed by atoms with van der Waals surface area (Å²) in [5.41, 5.74) is -1.18. The minimum absolute atomic E-state index is 0.673. The van der Waals surface area contributed by atoms with Crippen molar-refractivity contribution in [2.24, 2.45) is 0 Å². The minimum atomic E-state index is -2.22. The molecule has 0 N–H and O–H groups in total. The second-order valence-corrected chi connectivity index (χ2v) is 2.78. The number of hydrogen-bond acceptors (Lipinski definition) is 2. The zero-order chi connectivity index (χ0) is 11.9. The van der Waals surface area contributed by atoms with Crippen molar-refractivity contribution in [1.82, 2.24) is 4.98 Å². The summed E-state index contributed by atoms with van der Waals surface area (Å²) in [5.74, 6) is -10.9. The molecule has 0 fully saturated rings. The molecule has 1 aromatic carbocycles. The van der Waals surface area contributed by atoms with Gasteiger partial charge in [-0.15, -0.1) is 0 Å². The molecule has 16 heavy (non-hydrogen) atoms. The number of nitrogens with zero attached hydrogens (tertiary/aromatic N) is 1. The molecule has 1 aromatic heterocycles. The second-order valence-electron chi connectivity index (χ2n) is 2.78. The summed E-state index contributed by atoms with van der Waals surface area (Å²) in [6.07, 6.45) is 1.97. The highest BCUT2D eigenvalue weighted by atomic mass is 19.2. The van der Waals surface area contributed by atoms with Crippen LogP contribution in [0.15, 0.2) is 16.9 Å². The quantitative estimate of drug-likeness (QED) is 0.431. The summed E-state index contributed by atoms with van der Waals surface area (Å²) in [7, 11) is 0. The third-order valence-electron chi connectivity index (χ3n) is 1.86. The highest BCUT2D eigenvalue weighted by Gasteiger charge is 2.28. The van der Waals surface area contributed by atoms with E-state index in [0.29, 0.717) is 0 Å². The van der Waals surface area contributed by atoms with E-state index in [9.17, 15) is 22.0 Å². The molecule has 1 heterocycles. The maximum atomic E-state index is 13.1. The first-order valence-electron chi connectivity index (χ1n) is 3.95. The summed E-state index contributed by atoms with van der Waals surface area (Å²) in [5, 5.41) is 0. The Morgan fingerprint density at radius 3 is 1.75 bits per heavy atom. The number of halogens is 5. The lowest BCUT2D eigenvalue weighted by Gasteiger charge is -2.04. The van der Waals surface area contributed by atoms with E-state index < -0.39 is 40.5 Å². The zero-order valence-corrected chi connectivity index (χ0v) is 7.40. The van der Waals surface area contributed by atoms with Crippen molar-refractivity contribution in [3.05, 3.63) is 41.5 Å². The Bertz CT molecular complexity index is 508. The van der Waals surface area contributed by atoms with Gasteiger partial charge in [-0.1, -0.05) is 0 Å². The largest absolute Gasteiger partial charge is 0.444 e. The van der Waals surface area contributed by atoms with Gasteiger partial charge in [0.25, 0.3) is 0 Å². The summed E-state index contributed by atoms with van der Waals surface area (Å²) in [6.45, 7) is 0. The molecule has 7 heteroatoms. The molecule has 0 spiro atoms. The van der Waals surface area contributed by atoms with Crippen molar-refractivity contribution in [3.8, 4) is 11.5 Å². The van der Waals surface area contributed by atoms with Crippen LogP contribution < -0.4 is 0 Å². The van der Waals surface area contributed by atoms with Gasteiger partial charge in [0, 0.05) is 0 Å². The highest BCUT2D eigenvalue weighted by molar-refractivity contribution is 5.55. The molecule has 0 amide bonds. The topological polar surface area (TPSA) is 26.0 Å². The van der Waals surface area contributed by atoms with Crippen LogP contribution in [-0.2, 0) is 0 Å². The number of benzene rings is 1. The fourth-order valence-electron chi connectivity index (χ4n) is 1.14. The predicted molar refractivity (Wildman–Crippen MR) is 41.7 cm³/mol. The van der Waals surface area contributed by atoms with E-state index in [1.54, 1.807) is 0 Å². The van der Waals surface area contributed by atoms with Gasteiger partial charge in [0.05, 0.1) is 6.20 Å².